The van der Waals surface area contributed by atoms with Crippen molar-refractivity contribution in [1.29, 1.82) is 0 Å². The molecule has 1 saturated carbocycles. The third-order valence-corrected chi connectivity index (χ3v) is 8.90. The Morgan fingerprint density at radius 1 is 1.26 bits per heavy atom. The molecule has 39 heavy (non-hydrogen) atoms. The zero-order valence-corrected chi connectivity index (χ0v) is 23.3. The standard InChI is InChI=1S/C30H33FN6OS/c1-19-4-5-20(14-27(19)39-3)29(38)33-17-22-15-26-21(16-32-22)6-9-25(36(26)2)24-8-7-23(31)28(35-24)37-13-12-34-30(18-37)10-11-30/h4-9,14-16,26,34H,10-13,17-18H2,1-3H3,(H,33,38). The summed E-state index contributed by atoms with van der Waals surface area (Å²) < 4.78 is 14.9. The maximum absolute atomic E-state index is 14.9. The van der Waals surface area contributed by atoms with Crippen molar-refractivity contribution < 1.29 is 9.18 Å². The summed E-state index contributed by atoms with van der Waals surface area (Å²) in [5.74, 6) is 0.0196. The predicted octanol–water partition coefficient (Wildman–Crippen LogP) is 4.17. The molecule has 1 spiro atoms. The molecule has 1 unspecified atom stereocenters. The number of rotatable bonds is 6. The van der Waals surface area contributed by atoms with Crippen LogP contribution in [0.15, 0.2) is 69.7 Å². The van der Waals surface area contributed by atoms with Crippen molar-refractivity contribution in [2.24, 2.45) is 4.99 Å². The van der Waals surface area contributed by atoms with E-state index in [2.05, 4.69) is 31.5 Å². The number of amides is 1. The van der Waals surface area contributed by atoms with Gasteiger partial charge in [-0.3, -0.25) is 9.79 Å². The van der Waals surface area contributed by atoms with E-state index in [4.69, 9.17) is 4.98 Å². The fourth-order valence-corrected chi connectivity index (χ4v) is 6.13. The fraction of sp³-hybridized carbons (Fsp3) is 0.367. The third-order valence-electron chi connectivity index (χ3n) is 8.02. The van der Waals surface area contributed by atoms with Gasteiger partial charge in [0.1, 0.15) is 0 Å². The van der Waals surface area contributed by atoms with Crippen LogP contribution in [0.2, 0.25) is 0 Å². The highest BCUT2D eigenvalue weighted by Crippen LogP contribution is 2.39. The van der Waals surface area contributed by atoms with Crippen molar-refractivity contribution in [3.63, 3.8) is 0 Å². The van der Waals surface area contributed by atoms with Crippen molar-refractivity contribution in [3.8, 4) is 0 Å². The molecule has 1 amide bonds. The number of aryl methyl sites for hydroxylation is 1. The number of hydrogen-bond donors (Lipinski definition) is 2. The number of anilines is 1. The SMILES string of the molecule is CSc1cc(C(=O)NCC2=CC3C(=CC=C(c4ccc(F)c(N5CCNC6(CC6)C5)n4)N3C)C=N2)ccc1C. The fourth-order valence-electron chi connectivity index (χ4n) is 5.50. The average molecular weight is 545 g/mol. The van der Waals surface area contributed by atoms with Gasteiger partial charge in [-0.1, -0.05) is 12.1 Å². The lowest BCUT2D eigenvalue weighted by molar-refractivity contribution is 0.0956. The number of fused-ring (bicyclic) bond motifs is 1. The summed E-state index contributed by atoms with van der Waals surface area (Å²) in [5.41, 5.74) is 5.43. The average Bonchev–Trinajstić information content (AvgIpc) is 3.70. The van der Waals surface area contributed by atoms with E-state index in [1.807, 2.05) is 56.8 Å². The minimum Gasteiger partial charge on any atom is -0.362 e. The number of aromatic nitrogens is 1. The topological polar surface area (TPSA) is 72.9 Å². The molecule has 1 atom stereocenters. The van der Waals surface area contributed by atoms with E-state index in [1.54, 1.807) is 17.8 Å². The Morgan fingerprint density at radius 2 is 2.10 bits per heavy atom. The largest absolute Gasteiger partial charge is 0.362 e. The van der Waals surface area contributed by atoms with E-state index in [9.17, 15) is 9.18 Å². The number of pyridine rings is 1. The van der Waals surface area contributed by atoms with Gasteiger partial charge in [0.25, 0.3) is 5.91 Å². The van der Waals surface area contributed by atoms with Crippen LogP contribution in [0.5, 0.6) is 0 Å². The number of halogens is 1. The first-order chi connectivity index (χ1) is 18.9. The number of piperazine rings is 1. The summed E-state index contributed by atoms with van der Waals surface area (Å²) in [7, 11) is 2.01. The summed E-state index contributed by atoms with van der Waals surface area (Å²) in [6, 6.07) is 8.98. The monoisotopic (exact) mass is 544 g/mol. The van der Waals surface area contributed by atoms with E-state index < -0.39 is 0 Å². The second-order valence-electron chi connectivity index (χ2n) is 10.7. The molecule has 0 bridgehead atoms. The molecule has 1 aromatic carbocycles. The van der Waals surface area contributed by atoms with E-state index in [0.29, 0.717) is 17.9 Å². The van der Waals surface area contributed by atoms with Gasteiger partial charge in [-0.15, -0.1) is 11.8 Å². The highest BCUT2D eigenvalue weighted by atomic mass is 32.2. The lowest BCUT2D eigenvalue weighted by Gasteiger charge is -2.36. The van der Waals surface area contributed by atoms with Crippen LogP contribution in [0.3, 0.4) is 0 Å². The number of allylic oxidation sites excluding steroid dienone is 2. The molecular weight excluding hydrogens is 511 g/mol. The molecule has 4 heterocycles. The highest BCUT2D eigenvalue weighted by Gasteiger charge is 2.46. The summed E-state index contributed by atoms with van der Waals surface area (Å²) in [6.07, 6.45) is 12.3. The van der Waals surface area contributed by atoms with Crippen LogP contribution < -0.4 is 15.5 Å². The van der Waals surface area contributed by atoms with Gasteiger partial charge in [0.05, 0.1) is 29.7 Å². The lowest BCUT2D eigenvalue weighted by atomic mass is 9.97. The minimum atomic E-state index is -0.285. The second kappa shape index (κ2) is 10.3. The Morgan fingerprint density at radius 3 is 2.90 bits per heavy atom. The van der Waals surface area contributed by atoms with E-state index >= 15 is 0 Å². The number of thioether (sulfide) groups is 1. The Hall–Kier alpha value is -3.43. The van der Waals surface area contributed by atoms with Gasteiger partial charge in [-0.25, -0.2) is 9.37 Å². The molecule has 202 valence electrons. The molecule has 3 aliphatic heterocycles. The van der Waals surface area contributed by atoms with Crippen molar-refractivity contribution >= 4 is 35.4 Å². The number of carbonyl (C=O) groups is 1. The molecule has 2 N–H and O–H groups in total. The van der Waals surface area contributed by atoms with E-state index in [-0.39, 0.29) is 23.3 Å². The lowest BCUT2D eigenvalue weighted by Crippen LogP contribution is -2.53. The molecule has 1 saturated heterocycles. The molecule has 2 aromatic rings. The number of aliphatic imine (C=N–C) groups is 1. The van der Waals surface area contributed by atoms with E-state index in [0.717, 1.165) is 65.6 Å². The van der Waals surface area contributed by atoms with Crippen molar-refractivity contribution in [2.75, 3.05) is 44.4 Å². The van der Waals surface area contributed by atoms with Crippen LogP contribution in [0.25, 0.3) is 5.70 Å². The zero-order chi connectivity index (χ0) is 27.1. The first-order valence-corrected chi connectivity index (χ1v) is 14.6. The quantitative estimate of drug-likeness (QED) is 0.532. The number of hydrogen-bond acceptors (Lipinski definition) is 7. The Labute approximate surface area is 233 Å². The maximum atomic E-state index is 14.9. The number of likely N-dealkylation sites (N-methyl/N-ethyl adjacent to an activating group) is 1. The van der Waals surface area contributed by atoms with Gasteiger partial charge in [0, 0.05) is 48.9 Å². The van der Waals surface area contributed by atoms with Crippen molar-refractivity contribution in [1.82, 2.24) is 20.5 Å². The molecule has 1 aliphatic carbocycles. The van der Waals surface area contributed by atoms with Crippen LogP contribution in [-0.2, 0) is 0 Å². The van der Waals surface area contributed by atoms with E-state index in [1.165, 1.54) is 6.07 Å². The van der Waals surface area contributed by atoms with Gasteiger partial charge >= 0.3 is 0 Å². The smallest absolute Gasteiger partial charge is 0.251 e. The van der Waals surface area contributed by atoms with Gasteiger partial charge < -0.3 is 20.4 Å². The normalized spacial score (nSPS) is 21.2. The number of nitrogens with one attached hydrogen (secondary N) is 2. The van der Waals surface area contributed by atoms with Crippen LogP contribution in [0.1, 0.15) is 34.5 Å². The van der Waals surface area contributed by atoms with Crippen LogP contribution >= 0.6 is 11.8 Å². The number of benzene rings is 1. The zero-order valence-electron chi connectivity index (χ0n) is 22.5. The van der Waals surface area contributed by atoms with Crippen molar-refractivity contribution in [3.05, 3.63) is 82.5 Å². The summed E-state index contributed by atoms with van der Waals surface area (Å²) >= 11 is 1.63. The van der Waals surface area contributed by atoms with Gasteiger partial charge in [0.15, 0.2) is 11.6 Å². The first kappa shape index (κ1) is 25.8. The van der Waals surface area contributed by atoms with Crippen LogP contribution in [0, 0.1) is 12.7 Å². The summed E-state index contributed by atoms with van der Waals surface area (Å²) in [5, 5.41) is 6.58. The molecule has 0 radical (unpaired) electrons. The highest BCUT2D eigenvalue weighted by molar-refractivity contribution is 7.98. The first-order valence-electron chi connectivity index (χ1n) is 13.3. The van der Waals surface area contributed by atoms with Crippen LogP contribution in [-0.4, -0.2) is 73.1 Å². The van der Waals surface area contributed by atoms with Crippen LogP contribution in [0.4, 0.5) is 10.2 Å². The minimum absolute atomic E-state index is 0.0545. The molecule has 2 fully saturated rings. The number of nitrogens with zero attached hydrogens (tertiary/aromatic N) is 4. The Balaban J connectivity index is 1.17. The third kappa shape index (κ3) is 5.13. The van der Waals surface area contributed by atoms with Crippen molar-refractivity contribution in [2.45, 2.75) is 36.2 Å². The predicted molar refractivity (Wildman–Crippen MR) is 156 cm³/mol. The number of carbonyl (C=O) groups excluding carboxylic acids is 1. The summed E-state index contributed by atoms with van der Waals surface area (Å²) in [6.45, 7) is 4.75. The molecule has 1 aromatic heterocycles. The Bertz CT molecular complexity index is 1440. The summed E-state index contributed by atoms with van der Waals surface area (Å²) in [4.78, 5) is 27.5. The second-order valence-corrected chi connectivity index (χ2v) is 11.5. The Kier molecular flexibility index (Phi) is 6.81. The maximum Gasteiger partial charge on any atom is 0.251 e. The molecule has 7 nitrogen and oxygen atoms in total. The molecule has 6 rings (SSSR count). The van der Waals surface area contributed by atoms with Gasteiger partial charge in [-0.2, -0.15) is 0 Å². The van der Waals surface area contributed by atoms with Gasteiger partial charge in [0.2, 0.25) is 0 Å². The molecule has 4 aliphatic rings. The molecule has 9 heteroatoms. The van der Waals surface area contributed by atoms with Gasteiger partial charge in [-0.05, 0) is 73.6 Å². The molecular formula is C30H33FN6OS.